The normalized spacial score (nSPS) is 22.6. The highest BCUT2D eigenvalue weighted by molar-refractivity contribution is 6.04. The zero-order chi connectivity index (χ0) is 12.5. The van der Waals surface area contributed by atoms with Gasteiger partial charge in [0, 0.05) is 0 Å². The van der Waals surface area contributed by atoms with Gasteiger partial charge in [-0.05, 0) is 42.4 Å². The zero-order valence-electron chi connectivity index (χ0n) is 10.7. The highest BCUT2D eigenvalue weighted by Gasteiger charge is 2.48. The Hall–Kier alpha value is -1.57. The summed E-state index contributed by atoms with van der Waals surface area (Å²) < 4.78 is 5.19. The molecule has 1 unspecified atom stereocenters. The van der Waals surface area contributed by atoms with E-state index in [0.717, 1.165) is 0 Å². The number of hydrogen-bond acceptors (Lipinski definition) is 2. The third kappa shape index (κ3) is 1.86. The zero-order valence-corrected chi connectivity index (χ0v) is 10.7. The van der Waals surface area contributed by atoms with Crippen LogP contribution in [0.4, 0.5) is 0 Å². The Kier molecular flexibility index (Phi) is 2.94. The van der Waals surface area contributed by atoms with Gasteiger partial charge in [0.1, 0.15) is 5.92 Å². The third-order valence-electron chi connectivity index (χ3n) is 3.98. The molecule has 2 heteroatoms. The van der Waals surface area contributed by atoms with Crippen molar-refractivity contribution in [1.29, 1.82) is 0 Å². The Labute approximate surface area is 108 Å². The fourth-order valence-electron chi connectivity index (χ4n) is 2.84. The van der Waals surface area contributed by atoms with E-state index in [1.807, 2.05) is 25.1 Å². The van der Waals surface area contributed by atoms with Crippen LogP contribution in [0.25, 0.3) is 5.57 Å². The molecule has 94 valence electrons. The average molecular weight is 242 g/mol. The Bertz CT molecular complexity index is 483. The van der Waals surface area contributed by atoms with Crippen molar-refractivity contribution in [2.24, 2.45) is 11.8 Å². The number of esters is 1. The summed E-state index contributed by atoms with van der Waals surface area (Å²) in [6.07, 6.45) is 3.77. The van der Waals surface area contributed by atoms with Crippen molar-refractivity contribution in [2.75, 3.05) is 6.61 Å². The molecule has 0 saturated heterocycles. The van der Waals surface area contributed by atoms with Gasteiger partial charge in [-0.25, -0.2) is 0 Å². The number of hydrogen-bond donors (Lipinski definition) is 0. The van der Waals surface area contributed by atoms with Gasteiger partial charge in [0.2, 0.25) is 0 Å². The lowest BCUT2D eigenvalue weighted by Gasteiger charge is -2.23. The summed E-state index contributed by atoms with van der Waals surface area (Å²) in [6, 6.07) is 10.2. The first kappa shape index (κ1) is 11.5. The molecule has 2 nitrogen and oxygen atoms in total. The number of ether oxygens (including phenoxy) is 1. The molecule has 0 spiro atoms. The molecule has 1 atom stereocenters. The lowest BCUT2D eigenvalue weighted by Crippen LogP contribution is -2.15. The fourth-order valence-corrected chi connectivity index (χ4v) is 2.84. The Morgan fingerprint density at radius 2 is 2.00 bits per heavy atom. The van der Waals surface area contributed by atoms with Gasteiger partial charge in [-0.15, -0.1) is 0 Å². The molecule has 0 bridgehead atoms. The minimum atomic E-state index is -0.0572. The smallest absolute Gasteiger partial charge is 0.317 e. The number of carbonyl (C=O) groups excluding carboxylic acids is 1. The number of carbonyl (C=O) groups is 1. The van der Waals surface area contributed by atoms with Crippen LogP contribution in [-0.4, -0.2) is 12.6 Å². The molecule has 1 fully saturated rings. The van der Waals surface area contributed by atoms with Crippen molar-refractivity contribution in [3.8, 4) is 0 Å². The van der Waals surface area contributed by atoms with Crippen LogP contribution >= 0.6 is 0 Å². The fraction of sp³-hybridized carbons (Fsp3) is 0.438. The standard InChI is InChI=1S/C16H18O2/c1-2-18-16(17)15-13(11-7-4-3-5-8-11)14(15)12-9-6-10-12/h3-5,7-8,12,15H,2,6,9-10H2,1H3. The molecule has 1 saturated carbocycles. The van der Waals surface area contributed by atoms with Gasteiger partial charge in [-0.2, -0.15) is 0 Å². The van der Waals surface area contributed by atoms with Gasteiger partial charge in [0.25, 0.3) is 0 Å². The van der Waals surface area contributed by atoms with Crippen LogP contribution in [0.2, 0.25) is 0 Å². The van der Waals surface area contributed by atoms with Gasteiger partial charge in [-0.1, -0.05) is 36.8 Å². The summed E-state index contributed by atoms with van der Waals surface area (Å²) in [4.78, 5) is 12.0. The molecule has 0 N–H and O–H groups in total. The monoisotopic (exact) mass is 242 g/mol. The van der Waals surface area contributed by atoms with Crippen LogP contribution in [0, 0.1) is 11.8 Å². The first-order valence-electron chi connectivity index (χ1n) is 6.79. The summed E-state index contributed by atoms with van der Waals surface area (Å²) in [5.74, 6) is 0.533. The summed E-state index contributed by atoms with van der Waals surface area (Å²) in [7, 11) is 0. The first-order chi connectivity index (χ1) is 8.83. The molecule has 0 radical (unpaired) electrons. The number of benzene rings is 1. The van der Waals surface area contributed by atoms with E-state index < -0.39 is 0 Å². The highest BCUT2D eigenvalue weighted by Crippen LogP contribution is 2.56. The Balaban J connectivity index is 1.84. The lowest BCUT2D eigenvalue weighted by molar-refractivity contribution is -0.143. The summed E-state index contributed by atoms with van der Waals surface area (Å²) in [6.45, 7) is 2.33. The van der Waals surface area contributed by atoms with Gasteiger partial charge in [-0.3, -0.25) is 4.79 Å². The first-order valence-corrected chi connectivity index (χ1v) is 6.79. The van der Waals surface area contributed by atoms with E-state index in [1.165, 1.54) is 36.0 Å². The summed E-state index contributed by atoms with van der Waals surface area (Å²) in [5.41, 5.74) is 3.78. The molecule has 0 heterocycles. The van der Waals surface area contributed by atoms with E-state index in [4.69, 9.17) is 4.74 Å². The van der Waals surface area contributed by atoms with E-state index in [2.05, 4.69) is 12.1 Å². The predicted molar refractivity (Wildman–Crippen MR) is 70.8 cm³/mol. The molecule has 2 aliphatic carbocycles. The molecule has 18 heavy (non-hydrogen) atoms. The molecule has 1 aromatic carbocycles. The molecule has 0 aromatic heterocycles. The third-order valence-corrected chi connectivity index (χ3v) is 3.98. The molecule has 0 amide bonds. The van der Waals surface area contributed by atoms with Crippen molar-refractivity contribution in [1.82, 2.24) is 0 Å². The largest absolute Gasteiger partial charge is 0.465 e. The van der Waals surface area contributed by atoms with E-state index in [1.54, 1.807) is 0 Å². The van der Waals surface area contributed by atoms with E-state index >= 15 is 0 Å². The van der Waals surface area contributed by atoms with Crippen LogP contribution in [0.15, 0.2) is 35.9 Å². The van der Waals surface area contributed by atoms with Gasteiger partial charge >= 0.3 is 5.97 Å². The second kappa shape index (κ2) is 4.60. The molecular weight excluding hydrogens is 224 g/mol. The molecule has 0 aliphatic heterocycles. The maximum atomic E-state index is 12.0. The second-order valence-corrected chi connectivity index (χ2v) is 5.05. The van der Waals surface area contributed by atoms with Crippen molar-refractivity contribution < 1.29 is 9.53 Å². The van der Waals surface area contributed by atoms with Crippen LogP contribution < -0.4 is 0 Å². The van der Waals surface area contributed by atoms with Crippen LogP contribution in [0.3, 0.4) is 0 Å². The van der Waals surface area contributed by atoms with Gasteiger partial charge in [0.05, 0.1) is 6.61 Å². The maximum absolute atomic E-state index is 12.0. The summed E-state index contributed by atoms with van der Waals surface area (Å²) in [5, 5.41) is 0. The van der Waals surface area contributed by atoms with Gasteiger partial charge in [0.15, 0.2) is 0 Å². The van der Waals surface area contributed by atoms with Crippen molar-refractivity contribution in [2.45, 2.75) is 26.2 Å². The predicted octanol–water partition coefficient (Wildman–Crippen LogP) is 3.43. The number of rotatable bonds is 4. The van der Waals surface area contributed by atoms with Crippen LogP contribution in [-0.2, 0) is 9.53 Å². The van der Waals surface area contributed by atoms with Crippen molar-refractivity contribution >= 4 is 11.5 Å². The van der Waals surface area contributed by atoms with Crippen LogP contribution in [0.5, 0.6) is 0 Å². The maximum Gasteiger partial charge on any atom is 0.317 e. The minimum absolute atomic E-state index is 0.0438. The molecule has 1 aromatic rings. The van der Waals surface area contributed by atoms with E-state index in [-0.39, 0.29) is 11.9 Å². The van der Waals surface area contributed by atoms with Gasteiger partial charge < -0.3 is 4.74 Å². The van der Waals surface area contributed by atoms with Crippen molar-refractivity contribution in [3.05, 3.63) is 41.5 Å². The topological polar surface area (TPSA) is 26.3 Å². The summed E-state index contributed by atoms with van der Waals surface area (Å²) >= 11 is 0. The van der Waals surface area contributed by atoms with Crippen LogP contribution in [0.1, 0.15) is 31.7 Å². The SMILES string of the molecule is CCOC(=O)C1C(c2ccccc2)=C1C1CCC1. The molecule has 2 aliphatic rings. The van der Waals surface area contributed by atoms with Crippen molar-refractivity contribution in [3.63, 3.8) is 0 Å². The minimum Gasteiger partial charge on any atom is -0.465 e. The second-order valence-electron chi connectivity index (χ2n) is 5.05. The Morgan fingerprint density at radius 1 is 1.28 bits per heavy atom. The lowest BCUT2D eigenvalue weighted by atomic mass is 9.82. The quantitative estimate of drug-likeness (QED) is 0.756. The van der Waals surface area contributed by atoms with E-state index in [0.29, 0.717) is 12.5 Å². The van der Waals surface area contributed by atoms with E-state index in [9.17, 15) is 4.79 Å². The highest BCUT2D eigenvalue weighted by atomic mass is 16.5. The molecule has 3 rings (SSSR count). The molecular formula is C16H18O2. The average Bonchev–Trinajstić information content (AvgIpc) is 3.03. The Morgan fingerprint density at radius 3 is 2.56 bits per heavy atom.